The number of thioether (sulfide) groups is 1. The fraction of sp³-hybridized carbons (Fsp3) is 0.938. The zero-order chi connectivity index (χ0) is 15.3. The van der Waals surface area contributed by atoms with Gasteiger partial charge in [0.05, 0.1) is 0 Å². The number of hydrogen-bond acceptors (Lipinski definition) is 3. The Morgan fingerprint density at radius 3 is 2.33 bits per heavy atom. The second-order valence-corrected chi connectivity index (χ2v) is 8.56. The molecule has 2 fully saturated rings. The Morgan fingerprint density at radius 2 is 1.81 bits per heavy atom. The minimum atomic E-state index is 0.0481. The number of hydrogen-bond donors (Lipinski definition) is 2. The summed E-state index contributed by atoms with van der Waals surface area (Å²) in [5.74, 6) is 3.51. The molecule has 1 aliphatic carbocycles. The Hall–Kier alpha value is -0.420. The van der Waals surface area contributed by atoms with Gasteiger partial charge < -0.3 is 10.6 Å². The van der Waals surface area contributed by atoms with Crippen LogP contribution in [0.25, 0.3) is 0 Å². The van der Waals surface area contributed by atoms with Gasteiger partial charge >= 0.3 is 0 Å². The normalized spacial score (nSPS) is 24.1. The average Bonchev–Trinajstić information content (AvgIpc) is 2.93. The van der Waals surface area contributed by atoms with E-state index >= 15 is 0 Å². The van der Waals surface area contributed by atoms with Gasteiger partial charge in [-0.05, 0) is 33.6 Å². The first kappa shape index (κ1) is 16.9. The van der Waals surface area contributed by atoms with E-state index in [-0.39, 0.29) is 5.54 Å². The fourth-order valence-electron chi connectivity index (χ4n) is 3.46. The van der Waals surface area contributed by atoms with Crippen molar-refractivity contribution in [1.82, 2.24) is 15.5 Å². The van der Waals surface area contributed by atoms with Gasteiger partial charge in [0.25, 0.3) is 0 Å². The summed E-state index contributed by atoms with van der Waals surface area (Å²) in [6.07, 6.45) is 5.40. The van der Waals surface area contributed by atoms with Crippen LogP contribution in [0.5, 0.6) is 0 Å². The first-order chi connectivity index (χ1) is 9.95. The molecule has 1 aliphatic heterocycles. The van der Waals surface area contributed by atoms with Crippen LogP contribution in [0.2, 0.25) is 0 Å². The van der Waals surface area contributed by atoms with Gasteiger partial charge in [-0.15, -0.1) is 0 Å². The molecular formula is C16H32N4S. The minimum Gasteiger partial charge on any atom is -0.355 e. The van der Waals surface area contributed by atoms with Gasteiger partial charge in [-0.25, -0.2) is 0 Å². The Balaban J connectivity index is 1.96. The van der Waals surface area contributed by atoms with Gasteiger partial charge in [0.2, 0.25) is 0 Å². The summed E-state index contributed by atoms with van der Waals surface area (Å²) in [6, 6.07) is 0. The smallest absolute Gasteiger partial charge is 0.191 e. The van der Waals surface area contributed by atoms with Crippen LogP contribution in [0.15, 0.2) is 4.99 Å². The largest absolute Gasteiger partial charge is 0.355 e. The minimum absolute atomic E-state index is 0.0481. The molecule has 2 aliphatic rings. The maximum absolute atomic E-state index is 4.38. The highest BCUT2D eigenvalue weighted by molar-refractivity contribution is 7.99. The van der Waals surface area contributed by atoms with Crippen LogP contribution < -0.4 is 10.6 Å². The van der Waals surface area contributed by atoms with E-state index in [9.17, 15) is 0 Å². The third kappa shape index (κ3) is 4.78. The zero-order valence-electron chi connectivity index (χ0n) is 14.2. The van der Waals surface area contributed by atoms with Crippen molar-refractivity contribution in [3.63, 3.8) is 0 Å². The number of rotatable bonds is 3. The molecule has 0 unspecified atom stereocenters. The molecule has 0 aromatic heterocycles. The Morgan fingerprint density at radius 1 is 1.19 bits per heavy atom. The van der Waals surface area contributed by atoms with Crippen molar-refractivity contribution >= 4 is 17.7 Å². The van der Waals surface area contributed by atoms with Gasteiger partial charge in [-0.1, -0.05) is 12.8 Å². The predicted molar refractivity (Wildman–Crippen MR) is 94.3 cm³/mol. The third-order valence-electron chi connectivity index (χ3n) is 4.52. The molecule has 0 radical (unpaired) electrons. The van der Waals surface area contributed by atoms with Crippen LogP contribution in [0, 0.1) is 0 Å². The third-order valence-corrected chi connectivity index (χ3v) is 5.46. The van der Waals surface area contributed by atoms with E-state index in [1.165, 1.54) is 50.3 Å². The van der Waals surface area contributed by atoms with Crippen LogP contribution in [-0.2, 0) is 0 Å². The lowest BCUT2D eigenvalue weighted by Crippen LogP contribution is -2.58. The number of guanidine groups is 1. The average molecular weight is 313 g/mol. The van der Waals surface area contributed by atoms with Gasteiger partial charge in [0.15, 0.2) is 5.96 Å². The van der Waals surface area contributed by atoms with E-state index in [1.807, 2.05) is 7.05 Å². The molecule has 122 valence electrons. The SMILES string of the molecule is CN=C(NCC1(N2CCSCC2)CCCC1)NC(C)(C)C. The van der Waals surface area contributed by atoms with Crippen LogP contribution in [0.3, 0.4) is 0 Å². The highest BCUT2D eigenvalue weighted by Crippen LogP contribution is 2.36. The summed E-state index contributed by atoms with van der Waals surface area (Å²) in [4.78, 5) is 7.13. The molecule has 2 rings (SSSR count). The maximum Gasteiger partial charge on any atom is 0.191 e. The molecule has 0 amide bonds. The molecule has 1 saturated carbocycles. The summed E-state index contributed by atoms with van der Waals surface area (Å²) in [6.45, 7) is 10.0. The van der Waals surface area contributed by atoms with Crippen molar-refractivity contribution in [2.75, 3.05) is 38.2 Å². The second-order valence-electron chi connectivity index (χ2n) is 7.33. The van der Waals surface area contributed by atoms with E-state index in [2.05, 4.69) is 53.1 Å². The highest BCUT2D eigenvalue weighted by Gasteiger charge is 2.40. The van der Waals surface area contributed by atoms with Gasteiger partial charge in [0.1, 0.15) is 0 Å². The summed E-state index contributed by atoms with van der Waals surface area (Å²) >= 11 is 2.09. The number of nitrogens with one attached hydrogen (secondary N) is 2. The highest BCUT2D eigenvalue weighted by atomic mass is 32.2. The summed E-state index contributed by atoms with van der Waals surface area (Å²) in [7, 11) is 1.86. The second kappa shape index (κ2) is 7.23. The first-order valence-corrected chi connectivity index (χ1v) is 9.42. The van der Waals surface area contributed by atoms with E-state index < -0.39 is 0 Å². The molecule has 4 nitrogen and oxygen atoms in total. The van der Waals surface area contributed by atoms with Gasteiger partial charge in [-0.3, -0.25) is 9.89 Å². The van der Waals surface area contributed by atoms with Crippen molar-refractivity contribution in [3.05, 3.63) is 0 Å². The molecule has 0 aromatic rings. The molecular weight excluding hydrogens is 280 g/mol. The van der Waals surface area contributed by atoms with Crippen LogP contribution >= 0.6 is 11.8 Å². The van der Waals surface area contributed by atoms with Crippen LogP contribution in [0.4, 0.5) is 0 Å². The molecule has 0 aromatic carbocycles. The summed E-state index contributed by atoms with van der Waals surface area (Å²) in [5.41, 5.74) is 0.406. The fourth-order valence-corrected chi connectivity index (χ4v) is 4.36. The molecule has 0 spiro atoms. The van der Waals surface area contributed by atoms with Crippen molar-refractivity contribution in [2.24, 2.45) is 4.99 Å². The Labute approximate surface area is 134 Å². The quantitative estimate of drug-likeness (QED) is 0.620. The molecule has 1 saturated heterocycles. The number of nitrogens with zero attached hydrogens (tertiary/aromatic N) is 2. The van der Waals surface area contributed by atoms with Crippen LogP contribution in [-0.4, -0.2) is 60.1 Å². The van der Waals surface area contributed by atoms with Crippen molar-refractivity contribution in [1.29, 1.82) is 0 Å². The Bertz CT molecular complexity index is 350. The molecule has 5 heteroatoms. The topological polar surface area (TPSA) is 39.7 Å². The molecule has 21 heavy (non-hydrogen) atoms. The van der Waals surface area contributed by atoms with Gasteiger partial charge in [0, 0.05) is 49.3 Å². The summed E-state index contributed by atoms with van der Waals surface area (Å²) < 4.78 is 0. The van der Waals surface area contributed by atoms with Gasteiger partial charge in [-0.2, -0.15) is 11.8 Å². The van der Waals surface area contributed by atoms with E-state index in [1.54, 1.807) is 0 Å². The molecule has 1 heterocycles. The maximum atomic E-state index is 4.38. The van der Waals surface area contributed by atoms with E-state index in [0.29, 0.717) is 5.54 Å². The predicted octanol–water partition coefficient (Wildman–Crippen LogP) is 2.31. The lowest BCUT2D eigenvalue weighted by Gasteiger charge is -2.44. The lowest BCUT2D eigenvalue weighted by molar-refractivity contribution is 0.107. The molecule has 0 bridgehead atoms. The standard InChI is InChI=1S/C16H32N4S/c1-15(2,3)19-14(17-4)18-13-16(7-5-6-8-16)20-9-11-21-12-10-20/h5-13H2,1-4H3,(H2,17,18,19). The Kier molecular flexibility index (Phi) is 5.83. The van der Waals surface area contributed by atoms with Crippen molar-refractivity contribution < 1.29 is 0 Å². The monoisotopic (exact) mass is 312 g/mol. The number of aliphatic imine (C=N–C) groups is 1. The molecule has 2 N–H and O–H groups in total. The van der Waals surface area contributed by atoms with E-state index in [4.69, 9.17) is 0 Å². The first-order valence-electron chi connectivity index (χ1n) is 8.27. The van der Waals surface area contributed by atoms with Crippen molar-refractivity contribution in [2.45, 2.75) is 57.5 Å². The van der Waals surface area contributed by atoms with Crippen LogP contribution in [0.1, 0.15) is 46.5 Å². The summed E-state index contributed by atoms with van der Waals surface area (Å²) in [5, 5.41) is 7.06. The molecule has 0 atom stereocenters. The van der Waals surface area contributed by atoms with Crippen molar-refractivity contribution in [3.8, 4) is 0 Å². The zero-order valence-corrected chi connectivity index (χ0v) is 15.0. The van der Waals surface area contributed by atoms with E-state index in [0.717, 1.165) is 12.5 Å². The lowest BCUT2D eigenvalue weighted by atomic mass is 9.94.